The Labute approximate surface area is 146 Å². The first kappa shape index (κ1) is 18.4. The molecule has 3 heteroatoms. The van der Waals surface area contributed by atoms with Gasteiger partial charge in [-0.2, -0.15) is 4.98 Å². The molecule has 0 fully saturated rings. The summed E-state index contributed by atoms with van der Waals surface area (Å²) in [5, 5.41) is 4.12. The predicted octanol–water partition coefficient (Wildman–Crippen LogP) is 6.54. The molecule has 1 aromatic carbocycles. The number of allylic oxidation sites excluding steroid dienone is 1. The van der Waals surface area contributed by atoms with Gasteiger partial charge in [0, 0.05) is 11.5 Å². The molecule has 0 N–H and O–H groups in total. The Morgan fingerprint density at radius 1 is 1.17 bits per heavy atom. The van der Waals surface area contributed by atoms with E-state index in [-0.39, 0.29) is 5.92 Å². The number of aromatic nitrogens is 2. The van der Waals surface area contributed by atoms with Gasteiger partial charge >= 0.3 is 0 Å². The zero-order valence-electron chi connectivity index (χ0n) is 15.6. The summed E-state index contributed by atoms with van der Waals surface area (Å²) in [6.45, 7) is 12.8. The molecule has 0 unspecified atom stereocenters. The lowest BCUT2D eigenvalue weighted by molar-refractivity contribution is 0.365. The molecular weight excluding hydrogens is 296 g/mol. The summed E-state index contributed by atoms with van der Waals surface area (Å²) < 4.78 is 5.33. The van der Waals surface area contributed by atoms with Crippen molar-refractivity contribution in [2.45, 2.75) is 72.1 Å². The van der Waals surface area contributed by atoms with Crippen LogP contribution in [0.4, 0.5) is 0 Å². The van der Waals surface area contributed by atoms with Gasteiger partial charge in [-0.3, -0.25) is 0 Å². The highest BCUT2D eigenvalue weighted by Crippen LogP contribution is 2.28. The Bertz CT molecular complexity index is 670. The number of unbranched alkanes of at least 4 members (excludes halogenated alkanes) is 4. The van der Waals surface area contributed by atoms with Gasteiger partial charge in [-0.25, -0.2) is 0 Å². The third-order valence-corrected chi connectivity index (χ3v) is 4.39. The van der Waals surface area contributed by atoms with Crippen molar-refractivity contribution in [1.82, 2.24) is 10.1 Å². The molecule has 1 aromatic heterocycles. The van der Waals surface area contributed by atoms with Gasteiger partial charge in [0.15, 0.2) is 0 Å². The molecule has 0 amide bonds. The van der Waals surface area contributed by atoms with Gasteiger partial charge in [-0.1, -0.05) is 70.3 Å². The van der Waals surface area contributed by atoms with Crippen molar-refractivity contribution in [1.29, 1.82) is 0 Å². The van der Waals surface area contributed by atoms with Crippen molar-refractivity contribution in [2.24, 2.45) is 0 Å². The number of rotatable bonds is 9. The van der Waals surface area contributed by atoms with Crippen LogP contribution in [0.25, 0.3) is 17.0 Å². The Morgan fingerprint density at radius 2 is 1.92 bits per heavy atom. The van der Waals surface area contributed by atoms with Gasteiger partial charge < -0.3 is 4.52 Å². The number of hydrogen-bond acceptors (Lipinski definition) is 3. The van der Waals surface area contributed by atoms with Crippen molar-refractivity contribution in [3.63, 3.8) is 0 Å². The second-order valence-electron chi connectivity index (χ2n) is 6.91. The summed E-state index contributed by atoms with van der Waals surface area (Å²) in [5.74, 6) is 1.59. The number of benzene rings is 1. The van der Waals surface area contributed by atoms with Gasteiger partial charge in [0.05, 0.1) is 0 Å². The normalized spacial score (nSPS) is 11.2. The molecule has 1 heterocycles. The predicted molar refractivity (Wildman–Crippen MR) is 101 cm³/mol. The molecule has 0 saturated carbocycles. The van der Waals surface area contributed by atoms with Crippen LogP contribution in [0.3, 0.4) is 0 Å². The topological polar surface area (TPSA) is 38.9 Å². The van der Waals surface area contributed by atoms with Crippen LogP contribution in [0, 0.1) is 6.92 Å². The molecule has 0 bridgehead atoms. The number of hydrogen-bond donors (Lipinski definition) is 0. The molecule has 3 nitrogen and oxygen atoms in total. The fourth-order valence-corrected chi connectivity index (χ4v) is 2.81. The van der Waals surface area contributed by atoms with Gasteiger partial charge in [0.2, 0.25) is 11.7 Å². The molecule has 0 aliphatic carbocycles. The summed E-state index contributed by atoms with van der Waals surface area (Å²) in [5.41, 5.74) is 4.68. The smallest absolute Gasteiger partial charge is 0.229 e. The fourth-order valence-electron chi connectivity index (χ4n) is 2.81. The minimum absolute atomic E-state index is 0.245. The van der Waals surface area contributed by atoms with Crippen LogP contribution in [0.1, 0.15) is 82.2 Å². The van der Waals surface area contributed by atoms with Crippen LogP contribution in [-0.2, 0) is 0 Å². The summed E-state index contributed by atoms with van der Waals surface area (Å²) in [6, 6.07) is 6.33. The lowest BCUT2D eigenvalue weighted by Crippen LogP contribution is -1.92. The molecule has 0 saturated heterocycles. The van der Waals surface area contributed by atoms with Gasteiger partial charge in [-0.05, 0) is 42.5 Å². The maximum Gasteiger partial charge on any atom is 0.229 e. The quantitative estimate of drug-likeness (QED) is 0.491. The highest BCUT2D eigenvalue weighted by molar-refractivity contribution is 5.71. The second-order valence-corrected chi connectivity index (χ2v) is 6.91. The van der Waals surface area contributed by atoms with E-state index in [1.165, 1.54) is 48.8 Å². The first-order valence-electron chi connectivity index (χ1n) is 9.15. The third-order valence-electron chi connectivity index (χ3n) is 4.39. The minimum atomic E-state index is 0.245. The van der Waals surface area contributed by atoms with Crippen LogP contribution in [0.2, 0.25) is 0 Å². The van der Waals surface area contributed by atoms with E-state index in [2.05, 4.69) is 62.6 Å². The van der Waals surface area contributed by atoms with Crippen molar-refractivity contribution < 1.29 is 4.52 Å². The summed E-state index contributed by atoms with van der Waals surface area (Å²) in [4.78, 5) is 4.50. The number of nitrogens with zero attached hydrogens (tertiary/aromatic N) is 2. The Hall–Kier alpha value is -1.90. The van der Waals surface area contributed by atoms with Crippen LogP contribution >= 0.6 is 0 Å². The molecule has 0 radical (unpaired) electrons. The van der Waals surface area contributed by atoms with Crippen LogP contribution in [-0.4, -0.2) is 10.1 Å². The van der Waals surface area contributed by atoms with Crippen molar-refractivity contribution in [2.75, 3.05) is 0 Å². The molecule has 0 aliphatic heterocycles. The monoisotopic (exact) mass is 326 g/mol. The lowest BCUT2D eigenvalue weighted by atomic mass is 9.95. The maximum atomic E-state index is 5.33. The fraction of sp³-hybridized carbons (Fsp3) is 0.524. The maximum absolute atomic E-state index is 5.33. The zero-order chi connectivity index (χ0) is 17.5. The van der Waals surface area contributed by atoms with E-state index in [0.29, 0.717) is 11.7 Å². The molecule has 2 aromatic rings. The summed E-state index contributed by atoms with van der Waals surface area (Å²) in [7, 11) is 0. The summed E-state index contributed by atoms with van der Waals surface area (Å²) in [6.07, 6.45) is 7.49. The van der Waals surface area contributed by atoms with E-state index in [9.17, 15) is 0 Å². The molecule has 0 atom stereocenters. The first-order valence-corrected chi connectivity index (χ1v) is 9.15. The van der Waals surface area contributed by atoms with Crippen LogP contribution < -0.4 is 0 Å². The number of aryl methyl sites for hydroxylation is 1. The largest absolute Gasteiger partial charge is 0.339 e. The van der Waals surface area contributed by atoms with Crippen molar-refractivity contribution >= 4 is 5.57 Å². The molecule has 0 aliphatic rings. The molecule has 24 heavy (non-hydrogen) atoms. The average Bonchev–Trinajstić information content (AvgIpc) is 3.05. The van der Waals surface area contributed by atoms with E-state index in [4.69, 9.17) is 4.52 Å². The zero-order valence-corrected chi connectivity index (χ0v) is 15.6. The van der Waals surface area contributed by atoms with Crippen molar-refractivity contribution in [3.05, 3.63) is 41.8 Å². The molecule has 130 valence electrons. The second kappa shape index (κ2) is 8.81. The van der Waals surface area contributed by atoms with E-state index in [0.717, 1.165) is 12.0 Å². The van der Waals surface area contributed by atoms with Gasteiger partial charge in [0.1, 0.15) is 0 Å². The van der Waals surface area contributed by atoms with Gasteiger partial charge in [-0.15, -0.1) is 0 Å². The third kappa shape index (κ3) is 4.80. The van der Waals surface area contributed by atoms with Crippen LogP contribution in [0.15, 0.2) is 29.3 Å². The minimum Gasteiger partial charge on any atom is -0.339 e. The Kier molecular flexibility index (Phi) is 6.77. The van der Waals surface area contributed by atoms with Crippen LogP contribution in [0.5, 0.6) is 0 Å². The van der Waals surface area contributed by atoms with E-state index in [1.54, 1.807) is 0 Å². The van der Waals surface area contributed by atoms with E-state index >= 15 is 0 Å². The SMILES string of the molecule is C=C(CCCCCCC)c1cc(-c2noc(C(C)C)n2)ccc1C. The first-order chi connectivity index (χ1) is 11.5. The molecule has 2 rings (SSSR count). The van der Waals surface area contributed by atoms with Crippen molar-refractivity contribution in [3.8, 4) is 11.4 Å². The van der Waals surface area contributed by atoms with Gasteiger partial charge in [0.25, 0.3) is 0 Å². The summed E-state index contributed by atoms with van der Waals surface area (Å²) >= 11 is 0. The highest BCUT2D eigenvalue weighted by Gasteiger charge is 2.13. The Morgan fingerprint density at radius 3 is 2.58 bits per heavy atom. The highest BCUT2D eigenvalue weighted by atomic mass is 16.5. The average molecular weight is 326 g/mol. The standard InChI is InChI=1S/C21H30N2O/c1-6-7-8-9-10-11-16(4)19-14-18(13-12-17(19)5)20-22-21(15(2)3)24-23-20/h12-15H,4,6-11H2,1-3,5H3. The molecule has 0 spiro atoms. The Balaban J connectivity index is 2.08. The van der Waals surface area contributed by atoms with E-state index < -0.39 is 0 Å². The lowest BCUT2D eigenvalue weighted by Gasteiger charge is -2.10. The molecular formula is C21H30N2O. The van der Waals surface area contributed by atoms with E-state index in [1.807, 2.05) is 0 Å².